The lowest BCUT2D eigenvalue weighted by Crippen LogP contribution is -1.94. The lowest BCUT2D eigenvalue weighted by molar-refractivity contribution is 0.111. The third-order valence-electron chi connectivity index (χ3n) is 1.44. The predicted octanol–water partition coefficient (Wildman–Crippen LogP) is 0.496. The van der Waals surface area contributed by atoms with E-state index < -0.39 is 0 Å². The quantitative estimate of drug-likeness (QED) is 0.522. The first-order chi connectivity index (χ1) is 8.76. The van der Waals surface area contributed by atoms with Crippen molar-refractivity contribution in [1.29, 1.82) is 0 Å². The summed E-state index contributed by atoms with van der Waals surface area (Å²) >= 11 is 0. The summed E-state index contributed by atoms with van der Waals surface area (Å²) in [6.07, 6.45) is 12.0. The summed E-state index contributed by atoms with van der Waals surface area (Å²) < 4.78 is 1.52. The van der Waals surface area contributed by atoms with Gasteiger partial charge in [-0.15, -0.1) is 12.8 Å². The maximum absolute atomic E-state index is 10.0. The van der Waals surface area contributed by atoms with Crippen molar-refractivity contribution in [1.82, 2.24) is 9.78 Å². The minimum Gasteiger partial charge on any atom is -0.296 e. The first kappa shape index (κ1) is 14.7. The first-order valence-electron chi connectivity index (χ1n) is 4.60. The molecule has 0 aromatic carbocycles. The predicted molar refractivity (Wildman–Crippen MR) is 69.6 cm³/mol. The van der Waals surface area contributed by atoms with E-state index in [1.165, 1.54) is 4.68 Å². The van der Waals surface area contributed by atoms with Crippen LogP contribution in [0.5, 0.6) is 0 Å². The molecule has 0 aliphatic rings. The molecule has 0 aliphatic carbocycles. The highest BCUT2D eigenvalue weighted by molar-refractivity contribution is 5.71. The van der Waals surface area contributed by atoms with Gasteiger partial charge in [0.25, 0.3) is 0 Å². The Morgan fingerprint density at radius 1 is 1.11 bits per heavy atom. The molecule has 0 bridgehead atoms. The molecule has 0 unspecified atom stereocenters. The maximum atomic E-state index is 10.0. The number of rotatable bonds is 1. The van der Waals surface area contributed by atoms with Gasteiger partial charge in [-0.1, -0.05) is 0 Å². The van der Waals surface area contributed by atoms with Crippen molar-refractivity contribution in [3.05, 3.63) is 18.0 Å². The smallest absolute Gasteiger partial charge is 0.168 e. The van der Waals surface area contributed by atoms with Crippen molar-refractivity contribution < 1.29 is 4.79 Å². The largest absolute Gasteiger partial charge is 0.296 e. The summed E-state index contributed by atoms with van der Waals surface area (Å²) in [7, 11) is 1.73. The standard InChI is InChI=1S/C10H2.C5H6N2O/c1-3-5-7-9-10-8-6-4-2;1-7-5(4-8)2-3-6-7/h1-2H;2-4H,1H3. The molecular formula is C15H8N2O. The van der Waals surface area contributed by atoms with Gasteiger partial charge in [-0.05, 0) is 53.4 Å². The summed E-state index contributed by atoms with van der Waals surface area (Å²) in [5.74, 6) is 18.4. The highest BCUT2D eigenvalue weighted by Crippen LogP contribution is 1.88. The Kier molecular flexibility index (Phi) is 8.32. The lowest BCUT2D eigenvalue weighted by atomic mass is 10.5. The van der Waals surface area contributed by atoms with Gasteiger partial charge in [0.05, 0.1) is 0 Å². The zero-order valence-corrected chi connectivity index (χ0v) is 9.69. The van der Waals surface area contributed by atoms with Crippen molar-refractivity contribution in [2.75, 3.05) is 0 Å². The summed E-state index contributed by atoms with van der Waals surface area (Å²) in [6, 6.07) is 1.66. The minimum absolute atomic E-state index is 0.602. The van der Waals surface area contributed by atoms with Crippen LogP contribution in [0.1, 0.15) is 10.5 Å². The molecule has 18 heavy (non-hydrogen) atoms. The molecule has 1 aromatic heterocycles. The topological polar surface area (TPSA) is 34.9 Å². The van der Waals surface area contributed by atoms with Crippen LogP contribution in [0.2, 0.25) is 0 Å². The van der Waals surface area contributed by atoms with Crippen molar-refractivity contribution in [3.63, 3.8) is 0 Å². The third kappa shape index (κ3) is 7.04. The number of nitrogens with zero attached hydrogens (tertiary/aromatic N) is 2. The van der Waals surface area contributed by atoms with Crippen LogP contribution in [0, 0.1) is 60.2 Å². The van der Waals surface area contributed by atoms with E-state index in [0.29, 0.717) is 5.69 Å². The summed E-state index contributed by atoms with van der Waals surface area (Å²) in [5.41, 5.74) is 0.602. The van der Waals surface area contributed by atoms with Crippen LogP contribution in [-0.2, 0) is 7.05 Å². The van der Waals surface area contributed by atoms with Gasteiger partial charge in [-0.2, -0.15) is 5.10 Å². The van der Waals surface area contributed by atoms with Crippen LogP contribution in [0.4, 0.5) is 0 Å². The number of aldehydes is 1. The number of hydrogen-bond donors (Lipinski definition) is 0. The van der Waals surface area contributed by atoms with Crippen LogP contribution in [0.25, 0.3) is 0 Å². The Bertz CT molecular complexity index is 626. The van der Waals surface area contributed by atoms with Crippen molar-refractivity contribution in [2.24, 2.45) is 7.05 Å². The van der Waals surface area contributed by atoms with Crippen molar-refractivity contribution in [3.8, 4) is 60.2 Å². The molecule has 1 rings (SSSR count). The van der Waals surface area contributed by atoms with Gasteiger partial charge in [0.2, 0.25) is 0 Å². The number of carbonyl (C=O) groups excluding carboxylic acids is 1. The molecule has 0 amide bonds. The fraction of sp³-hybridized carbons (Fsp3) is 0.0667. The van der Waals surface area contributed by atoms with E-state index in [-0.39, 0.29) is 0 Å². The fourth-order valence-corrected chi connectivity index (χ4v) is 0.697. The zero-order valence-electron chi connectivity index (χ0n) is 9.69. The first-order valence-corrected chi connectivity index (χ1v) is 4.60. The Balaban J connectivity index is 0.000000327. The molecule has 0 spiro atoms. The molecular weight excluding hydrogens is 224 g/mol. The van der Waals surface area contributed by atoms with E-state index in [1.807, 2.05) is 0 Å². The fourth-order valence-electron chi connectivity index (χ4n) is 0.697. The Morgan fingerprint density at radius 2 is 1.61 bits per heavy atom. The average molecular weight is 232 g/mol. The van der Waals surface area contributed by atoms with Gasteiger partial charge < -0.3 is 0 Å². The Labute approximate surface area is 107 Å². The normalized spacial score (nSPS) is 5.94. The van der Waals surface area contributed by atoms with Gasteiger partial charge in [0.1, 0.15) is 5.69 Å². The second-order valence-corrected chi connectivity index (χ2v) is 2.54. The molecule has 0 fully saturated rings. The molecule has 1 heterocycles. The summed E-state index contributed by atoms with van der Waals surface area (Å²) in [5, 5.41) is 3.77. The molecule has 0 saturated heterocycles. The van der Waals surface area contributed by atoms with Crippen LogP contribution in [0.3, 0.4) is 0 Å². The monoisotopic (exact) mass is 232 g/mol. The van der Waals surface area contributed by atoms with Gasteiger partial charge in [-0.3, -0.25) is 9.48 Å². The Morgan fingerprint density at radius 3 is 1.89 bits per heavy atom. The van der Waals surface area contributed by atoms with E-state index in [9.17, 15) is 4.79 Å². The van der Waals surface area contributed by atoms with E-state index in [0.717, 1.165) is 6.29 Å². The number of hydrogen-bond acceptors (Lipinski definition) is 2. The zero-order chi connectivity index (χ0) is 13.6. The van der Waals surface area contributed by atoms with Crippen LogP contribution in [0.15, 0.2) is 12.3 Å². The number of carbonyl (C=O) groups is 1. The number of terminal acetylenes is 2. The second-order valence-electron chi connectivity index (χ2n) is 2.54. The van der Waals surface area contributed by atoms with Gasteiger partial charge in [-0.25, -0.2) is 0 Å². The minimum atomic E-state index is 0.602. The molecule has 0 aliphatic heterocycles. The van der Waals surface area contributed by atoms with Gasteiger partial charge in [0.15, 0.2) is 6.29 Å². The molecule has 84 valence electrons. The lowest BCUT2D eigenvalue weighted by Gasteiger charge is -1.86. The molecule has 0 saturated carbocycles. The molecule has 3 heteroatoms. The highest BCUT2D eigenvalue weighted by Gasteiger charge is 1.90. The van der Waals surface area contributed by atoms with Crippen molar-refractivity contribution in [2.45, 2.75) is 0 Å². The molecule has 0 N–H and O–H groups in total. The van der Waals surface area contributed by atoms with Gasteiger partial charge >= 0.3 is 0 Å². The second kappa shape index (κ2) is 10.2. The van der Waals surface area contributed by atoms with E-state index in [4.69, 9.17) is 12.8 Å². The third-order valence-corrected chi connectivity index (χ3v) is 1.44. The van der Waals surface area contributed by atoms with Gasteiger partial charge in [0, 0.05) is 13.2 Å². The van der Waals surface area contributed by atoms with E-state index in [1.54, 1.807) is 19.3 Å². The van der Waals surface area contributed by atoms with Crippen LogP contribution < -0.4 is 0 Å². The SMILES string of the molecule is C#CC#CC#CC#CC#C.Cn1nccc1C=O. The molecule has 0 atom stereocenters. The highest BCUT2D eigenvalue weighted by atomic mass is 16.1. The van der Waals surface area contributed by atoms with Crippen LogP contribution in [-0.4, -0.2) is 16.1 Å². The molecule has 1 aromatic rings. The summed E-state index contributed by atoms with van der Waals surface area (Å²) in [6.45, 7) is 0. The molecule has 3 nitrogen and oxygen atoms in total. The van der Waals surface area contributed by atoms with Crippen LogP contribution >= 0.6 is 0 Å². The maximum Gasteiger partial charge on any atom is 0.168 e. The Hall–Kier alpha value is -3.32. The number of aromatic nitrogens is 2. The van der Waals surface area contributed by atoms with E-state index >= 15 is 0 Å². The number of aryl methyl sites for hydroxylation is 1. The van der Waals surface area contributed by atoms with Crippen molar-refractivity contribution >= 4 is 6.29 Å². The molecule has 0 radical (unpaired) electrons. The van der Waals surface area contributed by atoms with E-state index in [2.05, 4.69) is 52.5 Å². The summed E-state index contributed by atoms with van der Waals surface area (Å²) in [4.78, 5) is 10.0. The average Bonchev–Trinajstić information content (AvgIpc) is 2.80.